The van der Waals surface area contributed by atoms with E-state index in [0.717, 1.165) is 12.0 Å². The third-order valence-electron chi connectivity index (χ3n) is 4.87. The Balaban J connectivity index is 1.35. The minimum Gasteiger partial charge on any atom is -0.312 e. The van der Waals surface area contributed by atoms with E-state index in [1.165, 1.54) is 68.9 Å². The lowest BCUT2D eigenvalue weighted by atomic mass is 9.90. The van der Waals surface area contributed by atoms with Crippen LogP contribution in [0.2, 0.25) is 0 Å². The van der Waals surface area contributed by atoms with Crippen molar-refractivity contribution in [2.24, 2.45) is 5.92 Å². The number of piperidine rings is 1. The summed E-state index contributed by atoms with van der Waals surface area (Å²) >= 11 is 2.11. The topological polar surface area (TPSA) is 15.3 Å². The number of nitrogens with one attached hydrogen (secondary N) is 1. The molecule has 2 aliphatic rings. The maximum atomic E-state index is 3.65. The lowest BCUT2D eigenvalue weighted by molar-refractivity contribution is 0.177. The molecular formula is C18H28N2S. The Morgan fingerprint density at radius 3 is 2.67 bits per heavy atom. The Kier molecular flexibility index (Phi) is 6.02. The molecule has 2 saturated heterocycles. The highest BCUT2D eigenvalue weighted by Gasteiger charge is 2.20. The number of hydrogen-bond donors (Lipinski definition) is 1. The summed E-state index contributed by atoms with van der Waals surface area (Å²) in [5.41, 5.74) is 1.51. The number of nitrogens with zero attached hydrogens (tertiary/aromatic N) is 1. The molecule has 21 heavy (non-hydrogen) atoms. The number of thioether (sulfide) groups is 1. The molecule has 0 saturated carbocycles. The van der Waals surface area contributed by atoms with Crippen LogP contribution in [-0.4, -0.2) is 48.6 Å². The summed E-state index contributed by atoms with van der Waals surface area (Å²) in [6.45, 7) is 5.10. The highest BCUT2D eigenvalue weighted by Crippen LogP contribution is 2.22. The zero-order valence-corrected chi connectivity index (χ0v) is 13.8. The van der Waals surface area contributed by atoms with Gasteiger partial charge in [-0.15, -0.1) is 0 Å². The second-order valence-corrected chi connectivity index (χ2v) is 7.64. The first-order chi connectivity index (χ1) is 10.4. The number of rotatable bonds is 5. The van der Waals surface area contributed by atoms with Crippen molar-refractivity contribution in [3.05, 3.63) is 35.9 Å². The monoisotopic (exact) mass is 304 g/mol. The van der Waals surface area contributed by atoms with Crippen LogP contribution in [0.5, 0.6) is 0 Å². The highest BCUT2D eigenvalue weighted by atomic mass is 32.2. The van der Waals surface area contributed by atoms with Crippen molar-refractivity contribution in [3.63, 3.8) is 0 Å². The molecule has 1 aromatic rings. The predicted octanol–water partition coefficient (Wildman–Crippen LogP) is 3.04. The van der Waals surface area contributed by atoms with Gasteiger partial charge in [0.05, 0.1) is 0 Å². The zero-order chi connectivity index (χ0) is 14.3. The van der Waals surface area contributed by atoms with E-state index in [4.69, 9.17) is 0 Å². The first-order valence-corrected chi connectivity index (χ1v) is 9.63. The lowest BCUT2D eigenvalue weighted by Gasteiger charge is -2.33. The molecule has 0 bridgehead atoms. The minimum absolute atomic E-state index is 0.755. The van der Waals surface area contributed by atoms with Gasteiger partial charge in [0.25, 0.3) is 0 Å². The average Bonchev–Trinajstić information content (AvgIpc) is 2.56. The van der Waals surface area contributed by atoms with Crippen molar-refractivity contribution in [3.8, 4) is 0 Å². The van der Waals surface area contributed by atoms with Gasteiger partial charge in [-0.3, -0.25) is 0 Å². The van der Waals surface area contributed by atoms with E-state index in [-0.39, 0.29) is 0 Å². The van der Waals surface area contributed by atoms with Crippen LogP contribution in [0.3, 0.4) is 0 Å². The Labute approximate surface area is 133 Å². The van der Waals surface area contributed by atoms with Gasteiger partial charge in [0, 0.05) is 24.1 Å². The summed E-state index contributed by atoms with van der Waals surface area (Å²) in [6, 6.07) is 11.8. The second kappa shape index (κ2) is 8.21. The summed E-state index contributed by atoms with van der Waals surface area (Å²) in [7, 11) is 0. The molecule has 116 valence electrons. The molecule has 1 atom stereocenters. The Morgan fingerprint density at radius 2 is 1.95 bits per heavy atom. The quantitative estimate of drug-likeness (QED) is 0.900. The third kappa shape index (κ3) is 5.01. The van der Waals surface area contributed by atoms with Crippen molar-refractivity contribution >= 4 is 11.8 Å². The average molecular weight is 305 g/mol. The van der Waals surface area contributed by atoms with Gasteiger partial charge >= 0.3 is 0 Å². The van der Waals surface area contributed by atoms with Gasteiger partial charge in [-0.05, 0) is 56.8 Å². The Morgan fingerprint density at radius 1 is 1.14 bits per heavy atom. The summed E-state index contributed by atoms with van der Waals surface area (Å²) in [5, 5.41) is 3.65. The van der Waals surface area contributed by atoms with Gasteiger partial charge in [-0.2, -0.15) is 11.8 Å². The third-order valence-corrected chi connectivity index (χ3v) is 6.00. The molecule has 1 aromatic carbocycles. The summed E-state index contributed by atoms with van der Waals surface area (Å²) in [4.78, 5) is 2.68. The lowest BCUT2D eigenvalue weighted by Crippen LogP contribution is -2.42. The Bertz CT molecular complexity index is 395. The number of benzene rings is 1. The van der Waals surface area contributed by atoms with E-state index in [9.17, 15) is 0 Å². The fourth-order valence-electron chi connectivity index (χ4n) is 3.51. The molecule has 0 amide bonds. The molecule has 2 nitrogen and oxygen atoms in total. The van der Waals surface area contributed by atoms with Gasteiger partial charge in [0.1, 0.15) is 0 Å². The molecule has 1 unspecified atom stereocenters. The number of likely N-dealkylation sites (tertiary alicyclic amines) is 1. The highest BCUT2D eigenvalue weighted by molar-refractivity contribution is 7.99. The van der Waals surface area contributed by atoms with Crippen molar-refractivity contribution in [1.82, 2.24) is 10.2 Å². The van der Waals surface area contributed by atoms with Gasteiger partial charge in [-0.25, -0.2) is 0 Å². The molecule has 0 radical (unpaired) electrons. The molecule has 2 fully saturated rings. The van der Waals surface area contributed by atoms with Gasteiger partial charge < -0.3 is 10.2 Å². The largest absolute Gasteiger partial charge is 0.312 e. The molecule has 1 N–H and O–H groups in total. The SMILES string of the molecule is c1ccc(CC2CCN(CCC3CSCCN3)CC2)cc1. The molecule has 2 heterocycles. The fraction of sp³-hybridized carbons (Fsp3) is 0.667. The normalized spacial score (nSPS) is 25.0. The maximum absolute atomic E-state index is 3.65. The number of hydrogen-bond acceptors (Lipinski definition) is 3. The van der Waals surface area contributed by atoms with Crippen LogP contribution in [0.4, 0.5) is 0 Å². The van der Waals surface area contributed by atoms with E-state index in [1.54, 1.807) is 0 Å². The van der Waals surface area contributed by atoms with Crippen LogP contribution in [0.25, 0.3) is 0 Å². The second-order valence-electron chi connectivity index (χ2n) is 6.49. The molecular weight excluding hydrogens is 276 g/mol. The molecule has 0 spiro atoms. The van der Waals surface area contributed by atoms with E-state index in [0.29, 0.717) is 0 Å². The van der Waals surface area contributed by atoms with Gasteiger partial charge in [0.2, 0.25) is 0 Å². The van der Waals surface area contributed by atoms with E-state index >= 15 is 0 Å². The summed E-state index contributed by atoms with van der Waals surface area (Å²) in [5.74, 6) is 3.50. The first-order valence-electron chi connectivity index (χ1n) is 8.47. The van der Waals surface area contributed by atoms with Crippen molar-refractivity contribution in [2.45, 2.75) is 31.7 Å². The van der Waals surface area contributed by atoms with Gasteiger partial charge in [-0.1, -0.05) is 30.3 Å². The predicted molar refractivity (Wildman–Crippen MR) is 93.0 cm³/mol. The van der Waals surface area contributed by atoms with Crippen LogP contribution in [-0.2, 0) is 6.42 Å². The van der Waals surface area contributed by atoms with E-state index < -0.39 is 0 Å². The van der Waals surface area contributed by atoms with Gasteiger partial charge in [0.15, 0.2) is 0 Å². The van der Waals surface area contributed by atoms with Crippen molar-refractivity contribution in [2.75, 3.05) is 37.7 Å². The summed E-state index contributed by atoms with van der Waals surface area (Å²) in [6.07, 6.45) is 5.36. The maximum Gasteiger partial charge on any atom is 0.0170 e. The molecule has 2 aliphatic heterocycles. The van der Waals surface area contributed by atoms with Crippen LogP contribution >= 0.6 is 11.8 Å². The van der Waals surface area contributed by atoms with E-state index in [1.807, 2.05) is 0 Å². The summed E-state index contributed by atoms with van der Waals surface area (Å²) < 4.78 is 0. The Hall–Kier alpha value is -0.510. The molecule has 0 aromatic heterocycles. The minimum atomic E-state index is 0.755. The molecule has 3 heteroatoms. The van der Waals surface area contributed by atoms with Crippen LogP contribution in [0, 0.1) is 5.92 Å². The molecule has 0 aliphatic carbocycles. The molecule has 3 rings (SSSR count). The zero-order valence-electron chi connectivity index (χ0n) is 13.0. The van der Waals surface area contributed by atoms with E-state index in [2.05, 4.69) is 52.3 Å². The standard InChI is InChI=1S/C18H28N2S/c1-2-4-16(5-3-1)14-17-6-10-20(11-7-17)12-8-18-15-21-13-9-19-18/h1-5,17-19H,6-15H2. The van der Waals surface area contributed by atoms with Crippen LogP contribution < -0.4 is 5.32 Å². The first kappa shape index (κ1) is 15.4. The smallest absolute Gasteiger partial charge is 0.0170 e. The van der Waals surface area contributed by atoms with Crippen LogP contribution in [0.1, 0.15) is 24.8 Å². The fourth-order valence-corrected chi connectivity index (χ4v) is 4.50. The van der Waals surface area contributed by atoms with Crippen molar-refractivity contribution < 1.29 is 0 Å². The van der Waals surface area contributed by atoms with Crippen molar-refractivity contribution in [1.29, 1.82) is 0 Å². The van der Waals surface area contributed by atoms with Crippen LogP contribution in [0.15, 0.2) is 30.3 Å².